The molecule has 0 aliphatic carbocycles. The second-order valence-corrected chi connectivity index (χ2v) is 6.57. The van der Waals surface area contributed by atoms with Crippen LogP contribution in [0.5, 0.6) is 0 Å². The number of thiocarbonyl (C=S) groups is 1. The van der Waals surface area contributed by atoms with Crippen LogP contribution in [-0.2, 0) is 0 Å². The average Bonchev–Trinajstić information content (AvgIpc) is 2.56. The lowest BCUT2D eigenvalue weighted by atomic mass is 10.1. The molecule has 2 N–H and O–H groups in total. The Balaban J connectivity index is 2.00. The first kappa shape index (κ1) is 20.8. The highest BCUT2D eigenvalue weighted by molar-refractivity contribution is 7.80. The third kappa shape index (κ3) is 9.16. The number of hydrogen-bond acceptors (Lipinski definition) is 1. The molecule has 0 amide bonds. The van der Waals surface area contributed by atoms with Crippen molar-refractivity contribution in [3.8, 4) is 0 Å². The lowest BCUT2D eigenvalue weighted by Gasteiger charge is -2.11. The normalized spacial score (nSPS) is 10.6. The van der Waals surface area contributed by atoms with Crippen molar-refractivity contribution in [1.29, 1.82) is 0 Å². The van der Waals surface area contributed by atoms with E-state index in [4.69, 9.17) is 12.2 Å². The van der Waals surface area contributed by atoms with E-state index in [1.54, 1.807) is 0 Å². The molecule has 0 aliphatic rings. The van der Waals surface area contributed by atoms with Crippen LogP contribution in [0.4, 0.5) is 14.5 Å². The smallest absolute Gasteiger partial charge is 0.170 e. The third-order valence-electron chi connectivity index (χ3n) is 4.02. The molecule has 0 aliphatic heterocycles. The summed E-state index contributed by atoms with van der Waals surface area (Å²) in [5.74, 6) is -1.28. The molecule has 0 saturated carbocycles. The minimum atomic E-state index is -0.641. The van der Waals surface area contributed by atoms with Gasteiger partial charge in [-0.1, -0.05) is 70.8 Å². The number of para-hydroxylation sites is 1. The fraction of sp³-hybridized carbons (Fsp3) is 0.632. The molecule has 24 heavy (non-hydrogen) atoms. The summed E-state index contributed by atoms with van der Waals surface area (Å²) in [5.41, 5.74) is -0.196. The lowest BCUT2D eigenvalue weighted by Crippen LogP contribution is -2.30. The van der Waals surface area contributed by atoms with Crippen LogP contribution in [0.25, 0.3) is 0 Å². The Hall–Kier alpha value is -1.23. The number of nitrogens with one attached hydrogen (secondary N) is 2. The summed E-state index contributed by atoms with van der Waals surface area (Å²) in [7, 11) is 0. The average molecular weight is 357 g/mol. The predicted octanol–water partition coefficient (Wildman–Crippen LogP) is 6.17. The Bertz CT molecular complexity index is 460. The third-order valence-corrected chi connectivity index (χ3v) is 4.26. The van der Waals surface area contributed by atoms with Gasteiger partial charge >= 0.3 is 0 Å². The van der Waals surface area contributed by atoms with E-state index >= 15 is 0 Å². The summed E-state index contributed by atoms with van der Waals surface area (Å²) in [5, 5.41) is 5.84. The molecule has 1 rings (SSSR count). The molecule has 0 fully saturated rings. The molecule has 2 nitrogen and oxygen atoms in total. The second kappa shape index (κ2) is 13.1. The van der Waals surface area contributed by atoms with Crippen molar-refractivity contribution in [2.45, 2.75) is 71.1 Å². The SMILES string of the molecule is CCCCCCCCCCCCNC(=S)Nc1c(F)cccc1F. The largest absolute Gasteiger partial charge is 0.362 e. The van der Waals surface area contributed by atoms with Crippen molar-refractivity contribution in [1.82, 2.24) is 5.32 Å². The quantitative estimate of drug-likeness (QED) is 0.346. The van der Waals surface area contributed by atoms with E-state index in [0.717, 1.165) is 19.4 Å². The molecule has 0 bridgehead atoms. The first-order chi connectivity index (χ1) is 11.6. The zero-order chi connectivity index (χ0) is 17.6. The van der Waals surface area contributed by atoms with Gasteiger partial charge in [0.25, 0.3) is 0 Å². The summed E-state index contributed by atoms with van der Waals surface area (Å²) < 4.78 is 27.0. The summed E-state index contributed by atoms with van der Waals surface area (Å²) in [6, 6.07) is 3.74. The molecule has 0 unspecified atom stereocenters. The van der Waals surface area contributed by atoms with Gasteiger partial charge in [-0.2, -0.15) is 0 Å². The van der Waals surface area contributed by atoms with Crippen LogP contribution >= 0.6 is 12.2 Å². The number of hydrogen-bond donors (Lipinski definition) is 2. The summed E-state index contributed by atoms with van der Waals surface area (Å²) >= 11 is 5.07. The number of rotatable bonds is 12. The number of unbranched alkanes of at least 4 members (excludes halogenated alkanes) is 9. The molecule has 0 spiro atoms. The molecular weight excluding hydrogens is 326 g/mol. The zero-order valence-electron chi connectivity index (χ0n) is 14.7. The number of benzene rings is 1. The summed E-state index contributed by atoms with van der Waals surface area (Å²) in [6.07, 6.45) is 12.7. The van der Waals surface area contributed by atoms with E-state index in [0.29, 0.717) is 0 Å². The zero-order valence-corrected chi connectivity index (χ0v) is 15.5. The van der Waals surface area contributed by atoms with Gasteiger partial charge in [0, 0.05) is 6.54 Å². The Morgan fingerprint density at radius 2 is 1.38 bits per heavy atom. The molecular formula is C19H30F2N2S. The first-order valence-electron chi connectivity index (χ1n) is 9.14. The molecule has 1 aromatic carbocycles. The van der Waals surface area contributed by atoms with E-state index in [9.17, 15) is 8.78 Å². The van der Waals surface area contributed by atoms with Crippen LogP contribution in [0.1, 0.15) is 71.1 Å². The Morgan fingerprint density at radius 3 is 1.92 bits per heavy atom. The van der Waals surface area contributed by atoms with Crippen molar-refractivity contribution in [3.05, 3.63) is 29.8 Å². The first-order valence-corrected chi connectivity index (χ1v) is 9.55. The van der Waals surface area contributed by atoms with Gasteiger partial charge in [0.2, 0.25) is 0 Å². The van der Waals surface area contributed by atoms with E-state index in [2.05, 4.69) is 17.6 Å². The van der Waals surface area contributed by atoms with Crippen molar-refractivity contribution in [2.75, 3.05) is 11.9 Å². The van der Waals surface area contributed by atoms with Gasteiger partial charge in [-0.15, -0.1) is 0 Å². The monoisotopic (exact) mass is 356 g/mol. The van der Waals surface area contributed by atoms with E-state index in [1.807, 2.05) is 0 Å². The van der Waals surface area contributed by atoms with Crippen LogP contribution in [-0.4, -0.2) is 11.7 Å². The maximum Gasteiger partial charge on any atom is 0.170 e. The fourth-order valence-corrected chi connectivity index (χ4v) is 2.79. The van der Waals surface area contributed by atoms with E-state index < -0.39 is 11.6 Å². The van der Waals surface area contributed by atoms with Crippen molar-refractivity contribution < 1.29 is 8.78 Å². The second-order valence-electron chi connectivity index (χ2n) is 6.16. The van der Waals surface area contributed by atoms with Gasteiger partial charge in [-0.25, -0.2) is 8.78 Å². The number of halogens is 2. The van der Waals surface area contributed by atoms with Crippen molar-refractivity contribution in [2.24, 2.45) is 0 Å². The van der Waals surface area contributed by atoms with Crippen molar-refractivity contribution in [3.63, 3.8) is 0 Å². The fourth-order valence-electron chi connectivity index (χ4n) is 2.59. The molecule has 0 atom stereocenters. The minimum Gasteiger partial charge on any atom is -0.362 e. The minimum absolute atomic E-state index is 0.196. The van der Waals surface area contributed by atoms with Gasteiger partial charge in [-0.05, 0) is 30.8 Å². The van der Waals surface area contributed by atoms with Gasteiger partial charge in [0.1, 0.15) is 17.3 Å². The highest BCUT2D eigenvalue weighted by Crippen LogP contribution is 2.17. The van der Waals surface area contributed by atoms with Gasteiger partial charge < -0.3 is 10.6 Å². The van der Waals surface area contributed by atoms with Crippen LogP contribution < -0.4 is 10.6 Å². The summed E-state index contributed by atoms with van der Waals surface area (Å²) in [4.78, 5) is 0. The van der Waals surface area contributed by atoms with Gasteiger partial charge in [-0.3, -0.25) is 0 Å². The highest BCUT2D eigenvalue weighted by atomic mass is 32.1. The topological polar surface area (TPSA) is 24.1 Å². The van der Waals surface area contributed by atoms with Crippen LogP contribution in [0.15, 0.2) is 18.2 Å². The highest BCUT2D eigenvalue weighted by Gasteiger charge is 2.09. The van der Waals surface area contributed by atoms with Crippen molar-refractivity contribution >= 4 is 23.0 Å². The summed E-state index contributed by atoms with van der Waals surface area (Å²) in [6.45, 7) is 2.96. The molecule has 0 aromatic heterocycles. The Kier molecular flexibility index (Phi) is 11.4. The van der Waals surface area contributed by atoms with Crippen LogP contribution in [0.2, 0.25) is 0 Å². The van der Waals surface area contributed by atoms with E-state index in [1.165, 1.54) is 69.6 Å². The molecule has 136 valence electrons. The molecule has 0 radical (unpaired) electrons. The molecule has 0 saturated heterocycles. The molecule has 0 heterocycles. The number of anilines is 1. The molecule has 5 heteroatoms. The Morgan fingerprint density at radius 1 is 0.875 bits per heavy atom. The Labute approximate surface area is 150 Å². The maximum atomic E-state index is 13.5. The van der Waals surface area contributed by atoms with E-state index in [-0.39, 0.29) is 10.8 Å². The maximum absolute atomic E-state index is 13.5. The predicted molar refractivity (Wildman–Crippen MR) is 102 cm³/mol. The lowest BCUT2D eigenvalue weighted by molar-refractivity contribution is 0.555. The van der Waals surface area contributed by atoms with Gasteiger partial charge in [0.05, 0.1) is 0 Å². The van der Waals surface area contributed by atoms with Crippen LogP contribution in [0, 0.1) is 11.6 Å². The van der Waals surface area contributed by atoms with Gasteiger partial charge in [0.15, 0.2) is 5.11 Å². The van der Waals surface area contributed by atoms with Crippen LogP contribution in [0.3, 0.4) is 0 Å². The molecule has 1 aromatic rings. The standard InChI is InChI=1S/C19H30F2N2S/c1-2-3-4-5-6-7-8-9-10-11-15-22-19(24)23-18-16(20)13-12-14-17(18)21/h12-14H,2-11,15H2,1H3,(H2,22,23,24).